The summed E-state index contributed by atoms with van der Waals surface area (Å²) < 4.78 is 5.73. The number of hydrogen-bond donors (Lipinski definition) is 1. The lowest BCUT2D eigenvalue weighted by molar-refractivity contribution is 0.0518. The molecule has 3 aliphatic rings. The predicted molar refractivity (Wildman–Crippen MR) is 193 cm³/mol. The first-order valence-electron chi connectivity index (χ1n) is 16.7. The maximum Gasteiger partial charge on any atom is 0.329 e. The number of hydrogen-bond acceptors (Lipinski definition) is 8. The van der Waals surface area contributed by atoms with Gasteiger partial charge in [0.2, 0.25) is 5.95 Å². The van der Waals surface area contributed by atoms with Crippen molar-refractivity contribution in [1.29, 1.82) is 0 Å². The van der Waals surface area contributed by atoms with E-state index in [4.69, 9.17) is 21.3 Å². The average molecular weight is 681 g/mol. The number of nitrogens with one attached hydrogen (secondary N) is 1. The summed E-state index contributed by atoms with van der Waals surface area (Å²) in [6.07, 6.45) is 3.63. The number of methoxy groups -OCH3 is 1. The fraction of sp³-hybridized carbons (Fsp3) is 0.351. The molecule has 1 aromatic heterocycles. The third kappa shape index (κ3) is 6.66. The van der Waals surface area contributed by atoms with Crippen LogP contribution in [0.25, 0.3) is 11.3 Å². The minimum Gasteiger partial charge on any atom is -0.495 e. The van der Waals surface area contributed by atoms with Crippen LogP contribution in [-0.4, -0.2) is 103 Å². The van der Waals surface area contributed by atoms with Gasteiger partial charge in [0.25, 0.3) is 5.91 Å². The van der Waals surface area contributed by atoms with Crippen LogP contribution in [0.2, 0.25) is 5.02 Å². The third-order valence-corrected chi connectivity index (χ3v) is 10.3. The molecule has 49 heavy (non-hydrogen) atoms. The Labute approximate surface area is 292 Å². The van der Waals surface area contributed by atoms with Crippen LogP contribution in [0.1, 0.15) is 28.8 Å². The smallest absolute Gasteiger partial charge is 0.329 e. The standard InChI is InChI=1S/C37H41ClN8O3/c1-42-18-20-44(21-19-42)27-14-16-45(17-15-27)35(47)25-12-13-30(33(22-25)49-3)40-36-39-23-32-34(41-36)28-9-5-7-11-31(28)46(37(48)43(32)2)24-26-8-4-6-10-29(26)38/h4-13,22-23,27H,14-21,24H2,1-3H3,(H,39,40,41). The monoisotopic (exact) mass is 680 g/mol. The normalized spacial score (nSPS) is 17.4. The predicted octanol–water partition coefficient (Wildman–Crippen LogP) is 5.98. The van der Waals surface area contributed by atoms with Crippen molar-refractivity contribution in [3.63, 3.8) is 0 Å². The second kappa shape index (κ2) is 14.0. The van der Waals surface area contributed by atoms with E-state index in [-0.39, 0.29) is 11.9 Å². The molecule has 3 amide bonds. The first-order valence-corrected chi connectivity index (χ1v) is 17.1. The quantitative estimate of drug-likeness (QED) is 0.255. The van der Waals surface area contributed by atoms with Gasteiger partial charge < -0.3 is 19.9 Å². The number of rotatable bonds is 7. The minimum absolute atomic E-state index is 0.00798. The highest BCUT2D eigenvalue weighted by atomic mass is 35.5. The highest BCUT2D eigenvalue weighted by molar-refractivity contribution is 6.31. The number of para-hydroxylation sites is 1. The summed E-state index contributed by atoms with van der Waals surface area (Å²) in [6, 6.07) is 20.9. The van der Waals surface area contributed by atoms with Gasteiger partial charge in [-0.2, -0.15) is 0 Å². The topological polar surface area (TPSA) is 97.4 Å². The van der Waals surface area contributed by atoms with E-state index in [1.807, 2.05) is 65.6 Å². The lowest BCUT2D eigenvalue weighted by atomic mass is 10.0. The Bertz CT molecular complexity index is 1860. The molecule has 0 aliphatic carbocycles. The van der Waals surface area contributed by atoms with Crippen molar-refractivity contribution < 1.29 is 14.3 Å². The van der Waals surface area contributed by atoms with Gasteiger partial charge in [-0.15, -0.1) is 0 Å². The largest absolute Gasteiger partial charge is 0.495 e. The molecule has 2 saturated heterocycles. The van der Waals surface area contributed by atoms with E-state index in [1.54, 1.807) is 36.2 Å². The van der Waals surface area contributed by atoms with Crippen molar-refractivity contribution >= 4 is 46.5 Å². The summed E-state index contributed by atoms with van der Waals surface area (Å²) in [5.74, 6) is 0.848. The van der Waals surface area contributed by atoms with Gasteiger partial charge in [0.1, 0.15) is 11.4 Å². The summed E-state index contributed by atoms with van der Waals surface area (Å²) in [7, 11) is 5.48. The molecular formula is C37H41ClN8O3. The Hall–Kier alpha value is -4.71. The van der Waals surface area contributed by atoms with Gasteiger partial charge in [0.05, 0.1) is 36.9 Å². The summed E-state index contributed by atoms with van der Waals surface area (Å²) in [5.41, 5.74) is 4.73. The highest BCUT2D eigenvalue weighted by Crippen LogP contribution is 2.41. The van der Waals surface area contributed by atoms with E-state index in [1.165, 1.54) is 0 Å². The van der Waals surface area contributed by atoms with Crippen LogP contribution in [0, 0.1) is 0 Å². The number of anilines is 4. The Balaban J connectivity index is 1.10. The van der Waals surface area contributed by atoms with Gasteiger partial charge >= 0.3 is 6.03 Å². The average Bonchev–Trinajstić information content (AvgIpc) is 3.22. The Morgan fingerprint density at radius 2 is 1.67 bits per heavy atom. The molecule has 0 atom stereocenters. The number of aromatic nitrogens is 2. The number of piperidine rings is 1. The fourth-order valence-corrected chi connectivity index (χ4v) is 7.17. The molecule has 4 heterocycles. The van der Waals surface area contributed by atoms with Crippen molar-refractivity contribution in [1.82, 2.24) is 24.7 Å². The first-order chi connectivity index (χ1) is 23.8. The number of benzene rings is 3. The van der Waals surface area contributed by atoms with Crippen molar-refractivity contribution in [2.24, 2.45) is 0 Å². The van der Waals surface area contributed by atoms with Gasteiger partial charge in [-0.25, -0.2) is 14.8 Å². The molecule has 11 nitrogen and oxygen atoms in total. The Morgan fingerprint density at radius 3 is 2.43 bits per heavy atom. The van der Waals surface area contributed by atoms with Gasteiger partial charge in [-0.1, -0.05) is 48.0 Å². The molecule has 0 radical (unpaired) electrons. The van der Waals surface area contributed by atoms with Crippen molar-refractivity contribution in [2.45, 2.75) is 25.4 Å². The van der Waals surface area contributed by atoms with E-state index >= 15 is 0 Å². The lowest BCUT2D eigenvalue weighted by Crippen LogP contribution is -2.52. The molecule has 4 aromatic rings. The second-order valence-corrected chi connectivity index (χ2v) is 13.3. The maximum atomic E-state index is 13.8. The summed E-state index contributed by atoms with van der Waals surface area (Å²) in [4.78, 5) is 47.0. The summed E-state index contributed by atoms with van der Waals surface area (Å²) in [5, 5.41) is 3.88. The molecule has 7 rings (SSSR count). The highest BCUT2D eigenvalue weighted by Gasteiger charge is 2.32. The number of urea groups is 1. The lowest BCUT2D eigenvalue weighted by Gasteiger charge is -2.42. The van der Waals surface area contributed by atoms with Crippen LogP contribution >= 0.6 is 11.6 Å². The van der Waals surface area contributed by atoms with Crippen molar-refractivity contribution in [2.75, 3.05) is 75.6 Å². The van der Waals surface area contributed by atoms with Gasteiger partial charge in [0.15, 0.2) is 0 Å². The number of nitrogens with zero attached hydrogens (tertiary/aromatic N) is 7. The first kappa shape index (κ1) is 32.8. The molecule has 0 spiro atoms. The number of carbonyl (C=O) groups is 2. The Kier molecular flexibility index (Phi) is 9.40. The number of carbonyl (C=O) groups excluding carboxylic acids is 2. The number of likely N-dealkylation sites (tertiary alicyclic amines) is 1. The van der Waals surface area contributed by atoms with E-state index in [9.17, 15) is 9.59 Å². The van der Waals surface area contributed by atoms with Crippen LogP contribution < -0.4 is 19.9 Å². The summed E-state index contributed by atoms with van der Waals surface area (Å²) in [6.45, 7) is 6.18. The van der Waals surface area contributed by atoms with Gasteiger partial charge in [0, 0.05) is 68.5 Å². The minimum atomic E-state index is -0.221. The summed E-state index contributed by atoms with van der Waals surface area (Å²) >= 11 is 6.49. The molecule has 254 valence electrons. The molecular weight excluding hydrogens is 640 g/mol. The SMILES string of the molecule is COc1cc(C(=O)N2CCC(N3CCN(C)CC3)CC2)ccc1Nc1ncc2c(n1)-c1ccccc1N(Cc1ccccc1Cl)C(=O)N2C. The van der Waals surface area contributed by atoms with Crippen molar-refractivity contribution in [3.8, 4) is 17.0 Å². The molecule has 0 unspecified atom stereocenters. The molecule has 3 aliphatic heterocycles. The van der Waals surface area contributed by atoms with Crippen LogP contribution in [0.5, 0.6) is 5.75 Å². The third-order valence-electron chi connectivity index (χ3n) is 9.89. The maximum absolute atomic E-state index is 13.8. The number of halogens is 1. The van der Waals surface area contributed by atoms with E-state index < -0.39 is 0 Å². The van der Waals surface area contributed by atoms with E-state index in [0.29, 0.717) is 51.9 Å². The van der Waals surface area contributed by atoms with Gasteiger partial charge in [-0.3, -0.25) is 19.5 Å². The van der Waals surface area contributed by atoms with Crippen LogP contribution in [0.3, 0.4) is 0 Å². The van der Waals surface area contributed by atoms with Crippen LogP contribution in [0.4, 0.5) is 27.8 Å². The molecule has 0 saturated carbocycles. The molecule has 3 aromatic carbocycles. The zero-order valence-corrected chi connectivity index (χ0v) is 28.9. The Morgan fingerprint density at radius 1 is 0.939 bits per heavy atom. The number of fused-ring (bicyclic) bond motifs is 3. The second-order valence-electron chi connectivity index (χ2n) is 12.9. The van der Waals surface area contributed by atoms with Crippen molar-refractivity contribution in [3.05, 3.63) is 89.1 Å². The molecule has 2 fully saturated rings. The van der Waals surface area contributed by atoms with E-state index in [2.05, 4.69) is 27.1 Å². The zero-order chi connectivity index (χ0) is 34.1. The number of amides is 3. The molecule has 12 heteroatoms. The van der Waals surface area contributed by atoms with E-state index in [0.717, 1.165) is 68.9 Å². The number of likely N-dealkylation sites (N-methyl/N-ethyl adjacent to an activating group) is 1. The van der Waals surface area contributed by atoms with Crippen LogP contribution in [-0.2, 0) is 6.54 Å². The van der Waals surface area contributed by atoms with Crippen LogP contribution in [0.15, 0.2) is 72.9 Å². The number of piperazine rings is 1. The zero-order valence-electron chi connectivity index (χ0n) is 28.1. The molecule has 0 bridgehead atoms. The number of ether oxygens (including phenoxy) is 1. The fourth-order valence-electron chi connectivity index (χ4n) is 6.98. The van der Waals surface area contributed by atoms with Gasteiger partial charge in [-0.05, 0) is 55.8 Å². The molecule has 1 N–H and O–H groups in total.